The number of hydrogen-bond donors (Lipinski definition) is 1. The van der Waals surface area contributed by atoms with E-state index in [2.05, 4.69) is 32.7 Å². The van der Waals surface area contributed by atoms with Crippen LogP contribution in [0.4, 0.5) is 0 Å². The van der Waals surface area contributed by atoms with E-state index in [4.69, 9.17) is 4.74 Å². The maximum absolute atomic E-state index is 6.16. The summed E-state index contributed by atoms with van der Waals surface area (Å²) in [5.74, 6) is 0. The van der Waals surface area contributed by atoms with Crippen molar-refractivity contribution >= 4 is 0 Å². The number of likely N-dealkylation sites (N-methyl/N-ethyl adjacent to an activating group) is 1. The Balaban J connectivity index is 2.78. The van der Waals surface area contributed by atoms with Crippen LogP contribution in [0.5, 0.6) is 0 Å². The molecule has 0 saturated heterocycles. The zero-order chi connectivity index (χ0) is 12.9. The van der Waals surface area contributed by atoms with Gasteiger partial charge in [0.15, 0.2) is 0 Å². The van der Waals surface area contributed by atoms with E-state index in [9.17, 15) is 0 Å². The van der Waals surface area contributed by atoms with Crippen molar-refractivity contribution in [3.63, 3.8) is 0 Å². The van der Waals surface area contributed by atoms with Gasteiger partial charge < -0.3 is 10.1 Å². The van der Waals surface area contributed by atoms with Gasteiger partial charge in [0.2, 0.25) is 0 Å². The van der Waals surface area contributed by atoms with Gasteiger partial charge in [-0.25, -0.2) is 0 Å². The second-order valence-electron chi connectivity index (χ2n) is 6.03. The highest BCUT2D eigenvalue weighted by Crippen LogP contribution is 2.44. The second kappa shape index (κ2) is 6.01. The molecule has 1 aliphatic carbocycles. The molecule has 0 aromatic heterocycles. The van der Waals surface area contributed by atoms with Crippen LogP contribution >= 0.6 is 0 Å². The number of rotatable bonds is 6. The molecule has 1 fully saturated rings. The quantitative estimate of drug-likeness (QED) is 0.716. The fourth-order valence-corrected chi connectivity index (χ4v) is 2.99. The van der Waals surface area contributed by atoms with Gasteiger partial charge in [0.1, 0.15) is 0 Å². The van der Waals surface area contributed by atoms with Gasteiger partial charge in [-0.1, -0.05) is 19.9 Å². The molecule has 1 unspecified atom stereocenters. The van der Waals surface area contributed by atoms with E-state index in [1.165, 1.54) is 12.8 Å². The van der Waals surface area contributed by atoms with E-state index in [1.54, 1.807) is 0 Å². The third-order valence-corrected chi connectivity index (χ3v) is 4.27. The van der Waals surface area contributed by atoms with E-state index in [-0.39, 0.29) is 5.60 Å². The molecule has 1 rings (SSSR count). The molecule has 1 saturated carbocycles. The van der Waals surface area contributed by atoms with E-state index in [1.807, 2.05) is 13.1 Å². The molecule has 2 nitrogen and oxygen atoms in total. The number of hydrogen-bond acceptors (Lipinski definition) is 2. The molecule has 100 valence electrons. The van der Waals surface area contributed by atoms with Gasteiger partial charge in [-0.3, -0.25) is 0 Å². The number of ether oxygens (including phenoxy) is 1. The van der Waals surface area contributed by atoms with Crippen LogP contribution < -0.4 is 5.32 Å². The average molecular weight is 239 g/mol. The lowest BCUT2D eigenvalue weighted by molar-refractivity contribution is -0.104. The van der Waals surface area contributed by atoms with Crippen molar-refractivity contribution in [3.8, 4) is 0 Å². The first kappa shape index (κ1) is 14.7. The molecule has 0 aromatic rings. The Bertz CT molecular complexity index is 237. The van der Waals surface area contributed by atoms with Crippen LogP contribution in [0, 0.1) is 5.41 Å². The molecule has 17 heavy (non-hydrogen) atoms. The highest BCUT2D eigenvalue weighted by atomic mass is 16.5. The summed E-state index contributed by atoms with van der Waals surface area (Å²) in [5, 5.41) is 3.43. The van der Waals surface area contributed by atoms with E-state index in [0.717, 1.165) is 25.9 Å². The van der Waals surface area contributed by atoms with Crippen molar-refractivity contribution in [3.05, 3.63) is 12.7 Å². The van der Waals surface area contributed by atoms with Crippen molar-refractivity contribution in [1.82, 2.24) is 5.32 Å². The molecule has 0 aromatic carbocycles. The summed E-state index contributed by atoms with van der Waals surface area (Å²) in [5.41, 5.74) is 0.500. The van der Waals surface area contributed by atoms with Gasteiger partial charge in [0, 0.05) is 12.6 Å². The van der Waals surface area contributed by atoms with Crippen LogP contribution in [-0.2, 0) is 4.74 Å². The summed E-state index contributed by atoms with van der Waals surface area (Å²) in [6.45, 7) is 11.5. The second-order valence-corrected chi connectivity index (χ2v) is 6.03. The van der Waals surface area contributed by atoms with E-state index >= 15 is 0 Å². The van der Waals surface area contributed by atoms with Crippen molar-refractivity contribution in [2.75, 3.05) is 13.7 Å². The predicted molar refractivity (Wildman–Crippen MR) is 74.3 cm³/mol. The Morgan fingerprint density at radius 2 is 1.88 bits per heavy atom. The Morgan fingerprint density at radius 1 is 1.29 bits per heavy atom. The zero-order valence-corrected chi connectivity index (χ0v) is 12.0. The smallest absolute Gasteiger partial charge is 0.0837 e. The summed E-state index contributed by atoms with van der Waals surface area (Å²) < 4.78 is 6.16. The molecule has 0 bridgehead atoms. The summed E-state index contributed by atoms with van der Waals surface area (Å²) in [7, 11) is 2.04. The van der Waals surface area contributed by atoms with Gasteiger partial charge in [-0.15, -0.1) is 6.58 Å². The van der Waals surface area contributed by atoms with Crippen LogP contribution in [-0.4, -0.2) is 25.3 Å². The van der Waals surface area contributed by atoms with Gasteiger partial charge in [0.05, 0.1) is 5.60 Å². The highest BCUT2D eigenvalue weighted by molar-refractivity contribution is 5.00. The summed E-state index contributed by atoms with van der Waals surface area (Å²) >= 11 is 0. The molecule has 0 amide bonds. The minimum Gasteiger partial charge on any atom is -0.374 e. The summed E-state index contributed by atoms with van der Waals surface area (Å²) in [4.78, 5) is 0. The normalized spacial score (nSPS) is 24.2. The lowest BCUT2D eigenvalue weighted by atomic mass is 9.68. The molecular formula is C15H29NO. The third kappa shape index (κ3) is 3.56. The van der Waals surface area contributed by atoms with Crippen LogP contribution in [0.2, 0.25) is 0 Å². The molecule has 0 spiro atoms. The predicted octanol–water partition coefficient (Wildman–Crippen LogP) is 3.53. The highest BCUT2D eigenvalue weighted by Gasteiger charge is 2.43. The van der Waals surface area contributed by atoms with E-state index < -0.39 is 0 Å². The van der Waals surface area contributed by atoms with Crippen molar-refractivity contribution in [2.45, 2.75) is 64.5 Å². The van der Waals surface area contributed by atoms with Crippen molar-refractivity contribution in [1.29, 1.82) is 0 Å². The molecule has 1 N–H and O–H groups in total. The van der Waals surface area contributed by atoms with Crippen LogP contribution in [0.15, 0.2) is 12.7 Å². The Labute approximate surface area is 107 Å². The molecule has 0 radical (unpaired) electrons. The molecular weight excluding hydrogens is 210 g/mol. The Kier molecular flexibility index (Phi) is 5.21. The standard InChI is InChI=1S/C15H29NO/c1-6-8-13(16-5)15(17-7-2)11-9-14(3,4)10-12-15/h6,13,16H,1,7-12H2,2-5H3. The molecule has 1 atom stereocenters. The SMILES string of the molecule is C=CCC(NC)C1(OCC)CCC(C)(C)CC1. The third-order valence-electron chi connectivity index (χ3n) is 4.27. The van der Waals surface area contributed by atoms with Crippen LogP contribution in [0.25, 0.3) is 0 Å². The fourth-order valence-electron chi connectivity index (χ4n) is 2.99. The molecule has 1 aliphatic rings. The minimum absolute atomic E-state index is 0.0210. The lowest BCUT2D eigenvalue weighted by Gasteiger charge is -2.47. The summed E-state index contributed by atoms with van der Waals surface area (Å²) in [6, 6.07) is 0.399. The Morgan fingerprint density at radius 3 is 2.29 bits per heavy atom. The van der Waals surface area contributed by atoms with E-state index in [0.29, 0.717) is 11.5 Å². The Hall–Kier alpha value is -0.340. The maximum atomic E-state index is 6.16. The summed E-state index contributed by atoms with van der Waals surface area (Å²) in [6.07, 6.45) is 7.81. The first-order valence-corrected chi connectivity index (χ1v) is 6.92. The average Bonchev–Trinajstić information content (AvgIpc) is 2.30. The largest absolute Gasteiger partial charge is 0.374 e. The first-order chi connectivity index (χ1) is 7.99. The first-order valence-electron chi connectivity index (χ1n) is 6.92. The van der Waals surface area contributed by atoms with Crippen LogP contribution in [0.3, 0.4) is 0 Å². The van der Waals surface area contributed by atoms with Gasteiger partial charge in [-0.2, -0.15) is 0 Å². The van der Waals surface area contributed by atoms with Crippen LogP contribution in [0.1, 0.15) is 52.9 Å². The molecule has 0 heterocycles. The molecule has 2 heteroatoms. The van der Waals surface area contributed by atoms with Crippen molar-refractivity contribution in [2.24, 2.45) is 5.41 Å². The zero-order valence-electron chi connectivity index (χ0n) is 12.0. The van der Waals surface area contributed by atoms with Gasteiger partial charge >= 0.3 is 0 Å². The maximum Gasteiger partial charge on any atom is 0.0837 e. The van der Waals surface area contributed by atoms with Gasteiger partial charge in [-0.05, 0) is 51.5 Å². The van der Waals surface area contributed by atoms with Crippen molar-refractivity contribution < 1.29 is 4.74 Å². The lowest BCUT2D eigenvalue weighted by Crippen LogP contribution is -2.54. The van der Waals surface area contributed by atoms with Gasteiger partial charge in [0.25, 0.3) is 0 Å². The topological polar surface area (TPSA) is 21.3 Å². The fraction of sp³-hybridized carbons (Fsp3) is 0.867. The monoisotopic (exact) mass is 239 g/mol. The number of nitrogens with one attached hydrogen (secondary N) is 1. The minimum atomic E-state index is 0.0210. The molecule has 0 aliphatic heterocycles.